The van der Waals surface area contributed by atoms with Crippen molar-refractivity contribution in [2.24, 2.45) is 0 Å². The van der Waals surface area contributed by atoms with Gasteiger partial charge in [-0.05, 0) is 26.9 Å². The molecule has 0 aliphatic rings. The van der Waals surface area contributed by atoms with Crippen LogP contribution >= 0.6 is 0 Å². The van der Waals surface area contributed by atoms with Gasteiger partial charge in [0.1, 0.15) is 5.25 Å². The van der Waals surface area contributed by atoms with Gasteiger partial charge in [0, 0.05) is 6.04 Å². The smallest absolute Gasteiger partial charge is 0.269 e. The quantitative estimate of drug-likeness (QED) is 0.686. The predicted molar refractivity (Wildman–Crippen MR) is 53.4 cm³/mol. The maximum absolute atomic E-state index is 11.0. The molecule has 13 heavy (non-hydrogen) atoms. The molecule has 0 aromatic heterocycles. The van der Waals surface area contributed by atoms with E-state index < -0.39 is 15.4 Å². The second kappa shape index (κ2) is 4.93. The lowest BCUT2D eigenvalue weighted by molar-refractivity contribution is 0.263. The molecular weight excluding hydrogens is 190 g/mol. The van der Waals surface area contributed by atoms with E-state index in [9.17, 15) is 8.42 Å². The van der Waals surface area contributed by atoms with Crippen LogP contribution in [0, 0.1) is 0 Å². The highest BCUT2D eigenvalue weighted by atomic mass is 32.2. The van der Waals surface area contributed by atoms with E-state index in [1.165, 1.54) is 0 Å². The van der Waals surface area contributed by atoms with Crippen LogP contribution in [0.3, 0.4) is 0 Å². The van der Waals surface area contributed by atoms with Crippen molar-refractivity contribution in [3.05, 3.63) is 0 Å². The molecule has 0 saturated heterocycles. The van der Waals surface area contributed by atoms with Gasteiger partial charge in [-0.3, -0.25) is 4.55 Å². The molecule has 0 amide bonds. The summed E-state index contributed by atoms with van der Waals surface area (Å²) in [4.78, 5) is 1.84. The van der Waals surface area contributed by atoms with Crippen LogP contribution < -0.4 is 0 Å². The summed E-state index contributed by atoms with van der Waals surface area (Å²) < 4.78 is 31.0. The SMILES string of the molecule is CCC(C(CC)S(=O)(=O)O)N(C)C. The summed E-state index contributed by atoms with van der Waals surface area (Å²) >= 11 is 0. The van der Waals surface area contributed by atoms with Crippen LogP contribution in [0.5, 0.6) is 0 Å². The van der Waals surface area contributed by atoms with Crippen LogP contribution in [0.25, 0.3) is 0 Å². The Kier molecular flexibility index (Phi) is 4.88. The van der Waals surface area contributed by atoms with E-state index in [-0.39, 0.29) is 6.04 Å². The zero-order valence-electron chi connectivity index (χ0n) is 8.69. The lowest BCUT2D eigenvalue weighted by atomic mass is 10.1. The van der Waals surface area contributed by atoms with Gasteiger partial charge in [0.25, 0.3) is 10.1 Å². The van der Waals surface area contributed by atoms with Crippen molar-refractivity contribution >= 4 is 10.1 Å². The molecule has 2 unspecified atom stereocenters. The standard InChI is InChI=1S/C8H19NO3S/c1-5-7(9(3)4)8(6-2)13(10,11)12/h7-8H,5-6H2,1-4H3,(H,10,11,12). The molecule has 0 bridgehead atoms. The molecule has 0 aliphatic carbocycles. The molecule has 0 spiro atoms. The van der Waals surface area contributed by atoms with Gasteiger partial charge in [-0.15, -0.1) is 0 Å². The summed E-state index contributed by atoms with van der Waals surface area (Å²) in [6.07, 6.45) is 1.15. The molecule has 0 aliphatic heterocycles. The van der Waals surface area contributed by atoms with Gasteiger partial charge >= 0.3 is 0 Å². The van der Waals surface area contributed by atoms with Crippen molar-refractivity contribution in [1.82, 2.24) is 4.90 Å². The third-order valence-corrected chi connectivity index (χ3v) is 3.71. The van der Waals surface area contributed by atoms with E-state index in [2.05, 4.69) is 0 Å². The van der Waals surface area contributed by atoms with Gasteiger partial charge in [0.2, 0.25) is 0 Å². The second-order valence-corrected chi connectivity index (χ2v) is 5.04. The maximum atomic E-state index is 11.0. The summed E-state index contributed by atoms with van der Waals surface area (Å²) in [5.41, 5.74) is 0. The number of rotatable bonds is 5. The minimum Gasteiger partial charge on any atom is -0.305 e. The average molecular weight is 209 g/mol. The predicted octanol–water partition coefficient (Wildman–Crippen LogP) is 0.993. The highest BCUT2D eigenvalue weighted by molar-refractivity contribution is 7.86. The van der Waals surface area contributed by atoms with Gasteiger partial charge in [-0.1, -0.05) is 13.8 Å². The molecule has 4 nitrogen and oxygen atoms in total. The molecule has 0 rings (SSSR count). The Morgan fingerprint density at radius 1 is 1.23 bits per heavy atom. The van der Waals surface area contributed by atoms with Crippen LogP contribution in [-0.2, 0) is 10.1 Å². The summed E-state index contributed by atoms with van der Waals surface area (Å²) in [7, 11) is -0.270. The zero-order chi connectivity index (χ0) is 10.6. The Hall–Kier alpha value is -0.130. The van der Waals surface area contributed by atoms with Crippen molar-refractivity contribution in [3.8, 4) is 0 Å². The summed E-state index contributed by atoms with van der Waals surface area (Å²) in [5, 5.41) is -0.674. The van der Waals surface area contributed by atoms with E-state index >= 15 is 0 Å². The minimum absolute atomic E-state index is 0.111. The van der Waals surface area contributed by atoms with E-state index in [4.69, 9.17) is 4.55 Å². The highest BCUT2D eigenvalue weighted by Crippen LogP contribution is 2.15. The van der Waals surface area contributed by atoms with E-state index in [0.717, 1.165) is 0 Å². The zero-order valence-corrected chi connectivity index (χ0v) is 9.50. The number of hydrogen-bond acceptors (Lipinski definition) is 3. The summed E-state index contributed by atoms with van der Waals surface area (Å²) in [5.74, 6) is 0. The fourth-order valence-electron chi connectivity index (χ4n) is 1.64. The molecule has 0 radical (unpaired) electrons. The van der Waals surface area contributed by atoms with Crippen LogP contribution in [-0.4, -0.2) is 43.3 Å². The number of hydrogen-bond donors (Lipinski definition) is 1. The maximum Gasteiger partial charge on any atom is 0.269 e. The summed E-state index contributed by atoms with van der Waals surface area (Å²) in [6.45, 7) is 3.68. The molecule has 0 saturated carbocycles. The molecule has 5 heteroatoms. The van der Waals surface area contributed by atoms with E-state index in [1.54, 1.807) is 6.92 Å². The first-order valence-electron chi connectivity index (χ1n) is 4.47. The third kappa shape index (κ3) is 3.62. The lowest BCUT2D eigenvalue weighted by Gasteiger charge is -2.28. The van der Waals surface area contributed by atoms with Crippen LogP contribution in [0.2, 0.25) is 0 Å². The first-order valence-corrected chi connectivity index (χ1v) is 5.97. The van der Waals surface area contributed by atoms with Crippen molar-refractivity contribution in [1.29, 1.82) is 0 Å². The molecule has 80 valence electrons. The monoisotopic (exact) mass is 209 g/mol. The molecule has 2 atom stereocenters. The minimum atomic E-state index is -3.91. The fourth-order valence-corrected chi connectivity index (χ4v) is 2.90. The Balaban J connectivity index is 4.74. The molecule has 0 aromatic carbocycles. The largest absolute Gasteiger partial charge is 0.305 e. The molecule has 0 fully saturated rings. The fraction of sp³-hybridized carbons (Fsp3) is 1.00. The first-order chi connectivity index (χ1) is 5.84. The Morgan fingerprint density at radius 2 is 1.69 bits per heavy atom. The van der Waals surface area contributed by atoms with Crippen molar-refractivity contribution in [2.75, 3.05) is 14.1 Å². The Morgan fingerprint density at radius 3 is 1.77 bits per heavy atom. The Bertz CT molecular complexity index is 236. The first kappa shape index (κ1) is 12.9. The van der Waals surface area contributed by atoms with E-state index in [1.807, 2.05) is 25.9 Å². The topological polar surface area (TPSA) is 57.6 Å². The average Bonchev–Trinajstić information content (AvgIpc) is 1.96. The van der Waals surface area contributed by atoms with Crippen molar-refractivity contribution in [2.45, 2.75) is 38.0 Å². The summed E-state index contributed by atoms with van der Waals surface area (Å²) in [6, 6.07) is -0.111. The highest BCUT2D eigenvalue weighted by Gasteiger charge is 2.30. The van der Waals surface area contributed by atoms with Crippen LogP contribution in [0.15, 0.2) is 0 Å². The second-order valence-electron chi connectivity index (χ2n) is 3.40. The molecule has 1 N–H and O–H groups in total. The van der Waals surface area contributed by atoms with Gasteiger partial charge in [-0.2, -0.15) is 8.42 Å². The van der Waals surface area contributed by atoms with Crippen LogP contribution in [0.1, 0.15) is 26.7 Å². The third-order valence-electron chi connectivity index (χ3n) is 2.30. The normalized spacial score (nSPS) is 17.4. The molecule has 0 aromatic rings. The van der Waals surface area contributed by atoms with Gasteiger partial charge in [0.05, 0.1) is 0 Å². The van der Waals surface area contributed by atoms with Crippen molar-refractivity contribution in [3.63, 3.8) is 0 Å². The van der Waals surface area contributed by atoms with Crippen LogP contribution in [0.4, 0.5) is 0 Å². The molecular formula is C8H19NO3S. The number of nitrogens with zero attached hydrogens (tertiary/aromatic N) is 1. The lowest BCUT2D eigenvalue weighted by Crippen LogP contribution is -2.42. The van der Waals surface area contributed by atoms with Gasteiger partial charge < -0.3 is 4.90 Å². The van der Waals surface area contributed by atoms with E-state index in [0.29, 0.717) is 12.8 Å². The Labute approximate surface area is 80.7 Å². The van der Waals surface area contributed by atoms with Gasteiger partial charge in [0.15, 0.2) is 0 Å². The van der Waals surface area contributed by atoms with Gasteiger partial charge in [-0.25, -0.2) is 0 Å². The molecule has 0 heterocycles. The van der Waals surface area contributed by atoms with Crippen molar-refractivity contribution < 1.29 is 13.0 Å².